The van der Waals surface area contributed by atoms with Crippen molar-refractivity contribution in [3.63, 3.8) is 0 Å². The molecule has 144 valence electrons. The molecule has 1 amide bonds. The van der Waals surface area contributed by atoms with Crippen molar-refractivity contribution >= 4 is 17.3 Å². The van der Waals surface area contributed by atoms with E-state index in [-0.39, 0.29) is 30.6 Å². The fraction of sp³-hybridized carbons (Fsp3) is 0.278. The third-order valence-corrected chi connectivity index (χ3v) is 3.87. The third-order valence-electron chi connectivity index (χ3n) is 3.87. The highest BCUT2D eigenvalue weighted by atomic mass is 19.4. The Balaban J connectivity index is 1.94. The van der Waals surface area contributed by atoms with Gasteiger partial charge in [-0.1, -0.05) is 30.3 Å². The third kappa shape index (κ3) is 5.70. The summed E-state index contributed by atoms with van der Waals surface area (Å²) in [4.78, 5) is 22.1. The van der Waals surface area contributed by atoms with E-state index in [0.29, 0.717) is 6.07 Å². The largest absolute Gasteiger partial charge is 0.416 e. The van der Waals surface area contributed by atoms with Crippen LogP contribution in [0.5, 0.6) is 0 Å². The Labute approximate surface area is 153 Å². The van der Waals surface area contributed by atoms with E-state index < -0.39 is 22.4 Å². The van der Waals surface area contributed by atoms with Crippen molar-refractivity contribution in [2.75, 3.05) is 11.9 Å². The number of amides is 1. The molecule has 6 nitrogen and oxygen atoms in total. The number of hydrogen-bond donors (Lipinski definition) is 2. The Kier molecular flexibility index (Phi) is 6.38. The number of hydrogen-bond acceptors (Lipinski definition) is 4. The lowest BCUT2D eigenvalue weighted by Gasteiger charge is -2.15. The highest BCUT2D eigenvalue weighted by Crippen LogP contribution is 2.34. The van der Waals surface area contributed by atoms with Crippen molar-refractivity contribution in [3.8, 4) is 0 Å². The Bertz CT molecular complexity index is 810. The van der Waals surface area contributed by atoms with Crippen LogP contribution in [0, 0.1) is 10.1 Å². The average Bonchev–Trinajstić information content (AvgIpc) is 2.61. The maximum atomic E-state index is 12.7. The minimum atomic E-state index is -4.67. The van der Waals surface area contributed by atoms with Gasteiger partial charge in [0.15, 0.2) is 0 Å². The van der Waals surface area contributed by atoms with Crippen LogP contribution in [0.3, 0.4) is 0 Å². The van der Waals surface area contributed by atoms with Crippen LogP contribution < -0.4 is 10.6 Å². The molecule has 0 aromatic heterocycles. The SMILES string of the molecule is C[C@H](NC(=O)CCNc1ccc(C(F)(F)F)cc1[N+](=O)[O-])c1ccccc1. The van der Waals surface area contributed by atoms with Crippen LogP contribution in [0.15, 0.2) is 48.5 Å². The molecule has 27 heavy (non-hydrogen) atoms. The van der Waals surface area contributed by atoms with Crippen molar-refractivity contribution in [3.05, 3.63) is 69.8 Å². The van der Waals surface area contributed by atoms with E-state index in [1.807, 2.05) is 37.3 Å². The van der Waals surface area contributed by atoms with Crippen LogP contribution >= 0.6 is 0 Å². The fourth-order valence-electron chi connectivity index (χ4n) is 2.46. The molecule has 0 saturated heterocycles. The van der Waals surface area contributed by atoms with Crippen LogP contribution in [0.4, 0.5) is 24.5 Å². The van der Waals surface area contributed by atoms with Gasteiger partial charge in [0.05, 0.1) is 16.5 Å². The highest BCUT2D eigenvalue weighted by molar-refractivity contribution is 5.77. The van der Waals surface area contributed by atoms with E-state index in [1.165, 1.54) is 0 Å². The summed E-state index contributed by atoms with van der Waals surface area (Å²) in [6.45, 7) is 1.86. The number of anilines is 1. The number of nitro benzene ring substituents is 1. The van der Waals surface area contributed by atoms with E-state index in [0.717, 1.165) is 17.7 Å². The lowest BCUT2D eigenvalue weighted by Crippen LogP contribution is -2.28. The minimum Gasteiger partial charge on any atom is -0.379 e. The molecule has 0 saturated carbocycles. The van der Waals surface area contributed by atoms with Crippen LogP contribution in [-0.4, -0.2) is 17.4 Å². The molecule has 0 aliphatic rings. The Morgan fingerprint density at radius 2 is 1.85 bits per heavy atom. The van der Waals surface area contributed by atoms with Crippen molar-refractivity contribution < 1.29 is 22.9 Å². The Hall–Kier alpha value is -3.10. The first-order valence-corrected chi connectivity index (χ1v) is 8.12. The molecular weight excluding hydrogens is 363 g/mol. The molecule has 1 atom stereocenters. The standard InChI is InChI=1S/C18H18F3N3O3/c1-12(13-5-3-2-4-6-13)23-17(25)9-10-22-15-8-7-14(18(19,20)21)11-16(15)24(26)27/h2-8,11-12,22H,9-10H2,1H3,(H,23,25)/t12-/m0/s1. The van der Waals surface area contributed by atoms with Crippen molar-refractivity contribution in [2.24, 2.45) is 0 Å². The van der Waals surface area contributed by atoms with Gasteiger partial charge in [-0.05, 0) is 24.6 Å². The monoisotopic (exact) mass is 381 g/mol. The average molecular weight is 381 g/mol. The van der Waals surface area contributed by atoms with Gasteiger partial charge in [0.1, 0.15) is 5.69 Å². The van der Waals surface area contributed by atoms with Crippen LogP contribution in [0.2, 0.25) is 0 Å². The number of nitrogens with one attached hydrogen (secondary N) is 2. The summed E-state index contributed by atoms with van der Waals surface area (Å²) >= 11 is 0. The smallest absolute Gasteiger partial charge is 0.379 e. The van der Waals surface area contributed by atoms with Crippen LogP contribution in [0.1, 0.15) is 30.5 Å². The fourth-order valence-corrected chi connectivity index (χ4v) is 2.46. The zero-order chi connectivity index (χ0) is 20.0. The van der Waals surface area contributed by atoms with Gasteiger partial charge in [-0.3, -0.25) is 14.9 Å². The molecule has 9 heteroatoms. The predicted octanol–water partition coefficient (Wildman–Crippen LogP) is 4.29. The lowest BCUT2D eigenvalue weighted by molar-refractivity contribution is -0.384. The van der Waals surface area contributed by atoms with Gasteiger partial charge in [0.2, 0.25) is 5.91 Å². The highest BCUT2D eigenvalue weighted by Gasteiger charge is 2.33. The second kappa shape index (κ2) is 8.52. The first-order valence-electron chi connectivity index (χ1n) is 8.12. The van der Waals surface area contributed by atoms with E-state index in [9.17, 15) is 28.1 Å². The summed E-state index contributed by atoms with van der Waals surface area (Å²) in [7, 11) is 0. The van der Waals surface area contributed by atoms with Gasteiger partial charge in [0, 0.05) is 19.0 Å². The molecule has 0 aliphatic carbocycles. The normalized spacial score (nSPS) is 12.3. The maximum absolute atomic E-state index is 12.7. The molecule has 0 fully saturated rings. The molecule has 2 N–H and O–H groups in total. The number of halogens is 3. The zero-order valence-corrected chi connectivity index (χ0v) is 14.4. The first kappa shape index (κ1) is 20.2. The predicted molar refractivity (Wildman–Crippen MR) is 94.2 cm³/mol. The molecule has 2 aromatic carbocycles. The number of carbonyl (C=O) groups is 1. The van der Waals surface area contributed by atoms with Crippen molar-refractivity contribution in [1.29, 1.82) is 0 Å². The van der Waals surface area contributed by atoms with Crippen molar-refractivity contribution in [2.45, 2.75) is 25.6 Å². The number of carbonyl (C=O) groups excluding carboxylic acids is 1. The molecule has 0 heterocycles. The van der Waals surface area contributed by atoms with Gasteiger partial charge in [-0.2, -0.15) is 13.2 Å². The topological polar surface area (TPSA) is 84.3 Å². The van der Waals surface area contributed by atoms with Gasteiger partial charge < -0.3 is 10.6 Å². The quantitative estimate of drug-likeness (QED) is 0.553. The molecule has 0 bridgehead atoms. The van der Waals surface area contributed by atoms with E-state index in [2.05, 4.69) is 10.6 Å². The van der Waals surface area contributed by atoms with Gasteiger partial charge >= 0.3 is 6.18 Å². The van der Waals surface area contributed by atoms with Gasteiger partial charge in [-0.15, -0.1) is 0 Å². The molecule has 2 aromatic rings. The summed E-state index contributed by atoms with van der Waals surface area (Å²) < 4.78 is 38.1. The van der Waals surface area contributed by atoms with Gasteiger partial charge in [-0.25, -0.2) is 0 Å². The maximum Gasteiger partial charge on any atom is 0.416 e. The van der Waals surface area contributed by atoms with Crippen molar-refractivity contribution in [1.82, 2.24) is 5.32 Å². The van der Waals surface area contributed by atoms with E-state index in [4.69, 9.17) is 0 Å². The van der Waals surface area contributed by atoms with Crippen LogP contribution in [0.25, 0.3) is 0 Å². The minimum absolute atomic E-state index is 0.00928. The number of rotatable bonds is 7. The summed E-state index contributed by atoms with van der Waals surface area (Å²) in [6, 6.07) is 11.3. The second-order valence-electron chi connectivity index (χ2n) is 5.86. The van der Waals surface area contributed by atoms with E-state index in [1.54, 1.807) is 0 Å². The second-order valence-corrected chi connectivity index (χ2v) is 5.86. The first-order chi connectivity index (χ1) is 12.7. The van der Waals surface area contributed by atoms with E-state index >= 15 is 0 Å². The molecular formula is C18H18F3N3O3. The van der Waals surface area contributed by atoms with Gasteiger partial charge in [0.25, 0.3) is 5.69 Å². The number of benzene rings is 2. The molecule has 2 rings (SSSR count). The zero-order valence-electron chi connectivity index (χ0n) is 14.4. The number of alkyl halides is 3. The summed E-state index contributed by atoms with van der Waals surface area (Å²) in [5.41, 5.74) is -0.939. The van der Waals surface area contributed by atoms with Crippen LogP contribution in [-0.2, 0) is 11.0 Å². The summed E-state index contributed by atoms with van der Waals surface area (Å²) in [5, 5.41) is 16.5. The Morgan fingerprint density at radius 1 is 1.19 bits per heavy atom. The molecule has 0 unspecified atom stereocenters. The number of nitrogens with zero attached hydrogens (tertiary/aromatic N) is 1. The summed E-state index contributed by atoms with van der Waals surface area (Å²) in [6.07, 6.45) is -4.66. The molecule has 0 radical (unpaired) electrons. The molecule has 0 spiro atoms. The summed E-state index contributed by atoms with van der Waals surface area (Å²) in [5.74, 6) is -0.284. The lowest BCUT2D eigenvalue weighted by atomic mass is 10.1. The Morgan fingerprint density at radius 3 is 2.44 bits per heavy atom. The molecule has 0 aliphatic heterocycles. The number of nitro groups is 1.